The van der Waals surface area contributed by atoms with Crippen molar-refractivity contribution >= 4 is 0 Å². The normalized spacial score (nSPS) is 27.6. The molecule has 1 aliphatic rings. The number of halogens is 3. The number of aromatic nitrogens is 2. The van der Waals surface area contributed by atoms with Gasteiger partial charge in [0.15, 0.2) is 5.69 Å². The summed E-state index contributed by atoms with van der Waals surface area (Å²) in [7, 11) is 1.62. The van der Waals surface area contributed by atoms with Crippen molar-refractivity contribution in [3.05, 3.63) is 18.1 Å². The van der Waals surface area contributed by atoms with E-state index in [4.69, 9.17) is 4.74 Å². The summed E-state index contributed by atoms with van der Waals surface area (Å²) in [6.07, 6.45) is -6.28. The van der Waals surface area contributed by atoms with E-state index in [1.807, 2.05) is 0 Å². The number of ether oxygens (including phenoxy) is 1. The van der Waals surface area contributed by atoms with Gasteiger partial charge in [-0.05, 0) is 7.05 Å². The number of piperidine rings is 1. The third-order valence-corrected chi connectivity index (χ3v) is 3.07. The van der Waals surface area contributed by atoms with Gasteiger partial charge in [-0.25, -0.2) is 9.99 Å². The standard InChI is InChI=1S/C11H15F3N4O3/c1-15-18-4-6(19)10(20)7(5-18)21-9-3-16-2-8(17-9)11(12,13)14/h2-3,6-7,10,15,19-20H,4-5H2,1H3/t6-,7-,10-/m0/s1. The van der Waals surface area contributed by atoms with Gasteiger partial charge in [-0.3, -0.25) is 10.4 Å². The Kier molecular flexibility index (Phi) is 4.61. The Morgan fingerprint density at radius 3 is 2.67 bits per heavy atom. The van der Waals surface area contributed by atoms with E-state index < -0.39 is 30.2 Å². The Bertz CT molecular complexity index is 488. The van der Waals surface area contributed by atoms with Gasteiger partial charge in [-0.1, -0.05) is 0 Å². The van der Waals surface area contributed by atoms with Gasteiger partial charge in [-0.2, -0.15) is 13.2 Å². The fourth-order valence-corrected chi connectivity index (χ4v) is 1.97. The van der Waals surface area contributed by atoms with Crippen LogP contribution in [0.4, 0.5) is 13.2 Å². The summed E-state index contributed by atoms with van der Waals surface area (Å²) in [6.45, 7) is 0.346. The van der Waals surface area contributed by atoms with E-state index in [1.54, 1.807) is 12.1 Å². The minimum atomic E-state index is -4.63. The summed E-state index contributed by atoms with van der Waals surface area (Å²) in [5, 5.41) is 21.1. The molecule has 2 heterocycles. The van der Waals surface area contributed by atoms with Crippen molar-refractivity contribution in [2.24, 2.45) is 0 Å². The molecule has 118 valence electrons. The van der Waals surface area contributed by atoms with Gasteiger partial charge in [0.05, 0.1) is 25.0 Å². The first kappa shape index (κ1) is 15.9. The van der Waals surface area contributed by atoms with Crippen LogP contribution in [0.3, 0.4) is 0 Å². The third kappa shape index (κ3) is 3.79. The molecule has 2 rings (SSSR count). The molecule has 0 bridgehead atoms. The van der Waals surface area contributed by atoms with E-state index in [-0.39, 0.29) is 19.0 Å². The fourth-order valence-electron chi connectivity index (χ4n) is 1.97. The van der Waals surface area contributed by atoms with Crippen molar-refractivity contribution in [1.29, 1.82) is 0 Å². The number of hydrogen-bond donors (Lipinski definition) is 3. The van der Waals surface area contributed by atoms with Crippen LogP contribution in [0, 0.1) is 0 Å². The summed E-state index contributed by atoms with van der Waals surface area (Å²) in [5.74, 6) is -0.362. The Hall–Kier alpha value is -1.49. The smallest absolute Gasteiger partial charge is 0.435 e. The molecular formula is C11H15F3N4O3. The predicted molar refractivity (Wildman–Crippen MR) is 64.1 cm³/mol. The average molecular weight is 308 g/mol. The predicted octanol–water partition coefficient (Wildman–Crippen LogP) is -0.585. The molecule has 1 aromatic rings. The number of nitrogens with zero attached hydrogens (tertiary/aromatic N) is 3. The highest BCUT2D eigenvalue weighted by atomic mass is 19.4. The molecule has 1 fully saturated rings. The number of hydrogen-bond acceptors (Lipinski definition) is 7. The van der Waals surface area contributed by atoms with Crippen molar-refractivity contribution < 1.29 is 28.1 Å². The summed E-state index contributed by atoms with van der Waals surface area (Å²) >= 11 is 0. The molecule has 7 nitrogen and oxygen atoms in total. The lowest BCUT2D eigenvalue weighted by Gasteiger charge is -2.38. The monoisotopic (exact) mass is 308 g/mol. The first-order valence-electron chi connectivity index (χ1n) is 6.15. The molecule has 0 spiro atoms. The largest absolute Gasteiger partial charge is 0.469 e. The maximum absolute atomic E-state index is 12.5. The van der Waals surface area contributed by atoms with Crippen molar-refractivity contribution in [2.45, 2.75) is 24.5 Å². The maximum Gasteiger partial charge on any atom is 0.435 e. The van der Waals surface area contributed by atoms with Crippen LogP contribution < -0.4 is 10.2 Å². The zero-order valence-corrected chi connectivity index (χ0v) is 11.1. The van der Waals surface area contributed by atoms with Crippen molar-refractivity contribution in [3.63, 3.8) is 0 Å². The van der Waals surface area contributed by atoms with Gasteiger partial charge >= 0.3 is 6.18 Å². The van der Waals surface area contributed by atoms with Gasteiger partial charge in [-0.15, -0.1) is 0 Å². The van der Waals surface area contributed by atoms with Gasteiger partial charge in [0.2, 0.25) is 5.88 Å². The average Bonchev–Trinajstić information content (AvgIpc) is 2.43. The number of hydrazine groups is 1. The highest BCUT2D eigenvalue weighted by Crippen LogP contribution is 2.28. The molecule has 3 atom stereocenters. The van der Waals surface area contributed by atoms with Crippen LogP contribution in [0.1, 0.15) is 5.69 Å². The number of aliphatic hydroxyl groups is 2. The second kappa shape index (κ2) is 6.10. The summed E-state index contributed by atoms with van der Waals surface area (Å²) in [6, 6.07) is 0. The van der Waals surface area contributed by atoms with Crippen molar-refractivity contribution in [2.75, 3.05) is 20.1 Å². The Morgan fingerprint density at radius 2 is 2.05 bits per heavy atom. The summed E-state index contributed by atoms with van der Waals surface area (Å²) < 4.78 is 42.8. The van der Waals surface area contributed by atoms with Gasteiger partial charge in [0.25, 0.3) is 0 Å². The highest BCUT2D eigenvalue weighted by molar-refractivity contribution is 5.11. The van der Waals surface area contributed by atoms with Crippen LogP contribution >= 0.6 is 0 Å². The fraction of sp³-hybridized carbons (Fsp3) is 0.636. The zero-order valence-electron chi connectivity index (χ0n) is 11.1. The van der Waals surface area contributed by atoms with E-state index in [0.29, 0.717) is 6.20 Å². The second-order valence-electron chi connectivity index (χ2n) is 4.58. The lowest BCUT2D eigenvalue weighted by Crippen LogP contribution is -2.60. The molecule has 21 heavy (non-hydrogen) atoms. The molecule has 3 N–H and O–H groups in total. The molecule has 0 unspecified atom stereocenters. The van der Waals surface area contributed by atoms with E-state index in [0.717, 1.165) is 6.20 Å². The molecule has 0 aromatic carbocycles. The molecular weight excluding hydrogens is 293 g/mol. The summed E-state index contributed by atoms with van der Waals surface area (Å²) in [4.78, 5) is 6.73. The number of β-amino-alcohol motifs (C(OH)–C–C–N with tert-alkyl or cyclic N) is 1. The van der Waals surface area contributed by atoms with Gasteiger partial charge in [0, 0.05) is 6.54 Å². The second-order valence-corrected chi connectivity index (χ2v) is 4.58. The van der Waals surface area contributed by atoms with Gasteiger partial charge < -0.3 is 14.9 Å². The highest BCUT2D eigenvalue weighted by Gasteiger charge is 2.37. The molecule has 0 amide bonds. The third-order valence-electron chi connectivity index (χ3n) is 3.07. The Balaban J connectivity index is 2.13. The van der Waals surface area contributed by atoms with Gasteiger partial charge in [0.1, 0.15) is 12.2 Å². The lowest BCUT2D eigenvalue weighted by molar-refractivity contribution is -0.142. The molecule has 0 radical (unpaired) electrons. The first-order valence-corrected chi connectivity index (χ1v) is 6.15. The number of rotatable bonds is 3. The molecule has 1 aromatic heterocycles. The molecule has 1 aliphatic heterocycles. The molecule has 0 aliphatic carbocycles. The maximum atomic E-state index is 12.5. The Morgan fingerprint density at radius 1 is 1.33 bits per heavy atom. The van der Waals surface area contributed by atoms with Crippen LogP contribution in [0.5, 0.6) is 5.88 Å². The Labute approximate surface area is 118 Å². The zero-order chi connectivity index (χ0) is 15.6. The van der Waals surface area contributed by atoms with E-state index >= 15 is 0 Å². The quantitative estimate of drug-likeness (QED) is 0.688. The van der Waals surface area contributed by atoms with Crippen molar-refractivity contribution in [3.8, 4) is 5.88 Å². The van der Waals surface area contributed by atoms with Crippen LogP contribution in [0.2, 0.25) is 0 Å². The minimum absolute atomic E-state index is 0.172. The minimum Gasteiger partial charge on any atom is -0.469 e. The lowest BCUT2D eigenvalue weighted by atomic mass is 10.0. The van der Waals surface area contributed by atoms with Crippen molar-refractivity contribution in [1.82, 2.24) is 20.4 Å². The molecule has 1 saturated heterocycles. The number of nitrogens with one attached hydrogen (secondary N) is 1. The van der Waals surface area contributed by atoms with Crippen LogP contribution in [-0.2, 0) is 6.18 Å². The van der Waals surface area contributed by atoms with Crippen LogP contribution in [0.15, 0.2) is 12.4 Å². The SMILES string of the molecule is CNN1C[C@H](Oc2cncc(C(F)(F)F)n2)[C@@H](O)[C@@H](O)C1. The van der Waals surface area contributed by atoms with E-state index in [9.17, 15) is 23.4 Å². The molecule has 0 saturated carbocycles. The number of alkyl halides is 3. The molecule has 10 heteroatoms. The van der Waals surface area contributed by atoms with Crippen LogP contribution in [0.25, 0.3) is 0 Å². The van der Waals surface area contributed by atoms with Crippen LogP contribution in [-0.4, -0.2) is 63.6 Å². The van der Waals surface area contributed by atoms with E-state index in [1.165, 1.54) is 0 Å². The summed E-state index contributed by atoms with van der Waals surface area (Å²) in [5.41, 5.74) is 1.59. The topological polar surface area (TPSA) is 90.7 Å². The number of aliphatic hydroxyl groups excluding tert-OH is 2. The van der Waals surface area contributed by atoms with E-state index in [2.05, 4.69) is 15.4 Å². The first-order chi connectivity index (χ1) is 9.81.